The average molecular weight is 439 g/mol. The first-order valence-electron chi connectivity index (χ1n) is 10.7. The fourth-order valence-electron chi connectivity index (χ4n) is 4.08. The highest BCUT2D eigenvalue weighted by Gasteiger charge is 2.32. The Labute approximate surface area is 189 Å². The first-order chi connectivity index (χ1) is 16.1. The Morgan fingerprint density at radius 2 is 1.61 bits per heavy atom. The third-order valence-electron chi connectivity index (χ3n) is 5.75. The molecule has 5 rings (SSSR count). The van der Waals surface area contributed by atoms with Gasteiger partial charge in [0.2, 0.25) is 5.91 Å². The minimum atomic E-state index is -0.308. The summed E-state index contributed by atoms with van der Waals surface area (Å²) in [6.07, 6.45) is 3.71. The van der Waals surface area contributed by atoms with Crippen molar-refractivity contribution < 1.29 is 14.4 Å². The number of amides is 3. The SMILES string of the molecule is O=C(CCCN1C(=O)c2cccc3cccc(c23)C1=O)NCc1ccc(-n2cncn2)cc1. The molecular formula is C25H21N5O3. The molecule has 0 saturated carbocycles. The summed E-state index contributed by atoms with van der Waals surface area (Å²) in [6, 6.07) is 18.6. The van der Waals surface area contributed by atoms with Gasteiger partial charge >= 0.3 is 0 Å². The molecule has 0 radical (unpaired) electrons. The topological polar surface area (TPSA) is 97.2 Å². The van der Waals surface area contributed by atoms with Crippen LogP contribution >= 0.6 is 0 Å². The number of nitrogens with zero attached hydrogens (tertiary/aromatic N) is 4. The molecular weight excluding hydrogens is 418 g/mol. The van der Waals surface area contributed by atoms with E-state index in [2.05, 4.69) is 15.4 Å². The Kier molecular flexibility index (Phi) is 5.40. The van der Waals surface area contributed by atoms with Crippen LogP contribution in [0.4, 0.5) is 0 Å². The summed E-state index contributed by atoms with van der Waals surface area (Å²) in [7, 11) is 0. The van der Waals surface area contributed by atoms with E-state index in [1.54, 1.807) is 23.1 Å². The van der Waals surface area contributed by atoms with E-state index in [1.165, 1.54) is 11.2 Å². The second-order valence-corrected chi connectivity index (χ2v) is 7.86. The zero-order valence-electron chi connectivity index (χ0n) is 17.8. The zero-order valence-corrected chi connectivity index (χ0v) is 17.8. The zero-order chi connectivity index (χ0) is 22.8. The molecule has 3 amide bonds. The number of imide groups is 1. The van der Waals surface area contributed by atoms with Crippen LogP contribution in [0, 0.1) is 0 Å². The maximum atomic E-state index is 12.9. The summed E-state index contributed by atoms with van der Waals surface area (Å²) < 4.78 is 1.66. The van der Waals surface area contributed by atoms with E-state index in [9.17, 15) is 14.4 Å². The van der Waals surface area contributed by atoms with Crippen molar-refractivity contribution in [1.29, 1.82) is 0 Å². The summed E-state index contributed by atoms with van der Waals surface area (Å²) in [5.41, 5.74) is 2.90. The molecule has 0 saturated heterocycles. The lowest BCUT2D eigenvalue weighted by atomic mass is 9.94. The summed E-state index contributed by atoms with van der Waals surface area (Å²) >= 11 is 0. The van der Waals surface area contributed by atoms with Gasteiger partial charge in [-0.3, -0.25) is 19.3 Å². The normalized spacial score (nSPS) is 12.9. The highest BCUT2D eigenvalue weighted by molar-refractivity contribution is 6.25. The van der Waals surface area contributed by atoms with Crippen LogP contribution in [0.2, 0.25) is 0 Å². The fourth-order valence-corrected chi connectivity index (χ4v) is 4.08. The first kappa shape index (κ1) is 20.6. The molecule has 0 aliphatic carbocycles. The maximum Gasteiger partial charge on any atom is 0.261 e. The molecule has 3 aromatic carbocycles. The molecule has 0 spiro atoms. The summed E-state index contributed by atoms with van der Waals surface area (Å²) in [6.45, 7) is 0.593. The van der Waals surface area contributed by atoms with Gasteiger partial charge in [-0.05, 0) is 41.6 Å². The average Bonchev–Trinajstić information content (AvgIpc) is 3.38. The third-order valence-corrected chi connectivity index (χ3v) is 5.75. The Morgan fingerprint density at radius 3 is 2.24 bits per heavy atom. The molecule has 1 N–H and O–H groups in total. The Bertz CT molecular complexity index is 1300. The highest BCUT2D eigenvalue weighted by atomic mass is 16.2. The molecule has 1 aliphatic heterocycles. The van der Waals surface area contributed by atoms with Crippen LogP contribution in [0.5, 0.6) is 0 Å². The second-order valence-electron chi connectivity index (χ2n) is 7.86. The standard InChI is InChI=1S/C25H21N5O3/c31-22(27-14-17-9-11-19(12-10-17)30-16-26-15-28-30)8-3-13-29-24(32)20-6-1-4-18-5-2-7-21(23(18)20)25(29)33/h1-2,4-7,9-12,15-16H,3,8,13-14H2,(H,27,31). The first-order valence-corrected chi connectivity index (χ1v) is 10.7. The lowest BCUT2D eigenvalue weighted by Crippen LogP contribution is -2.41. The lowest BCUT2D eigenvalue weighted by Gasteiger charge is -2.27. The van der Waals surface area contributed by atoms with Gasteiger partial charge < -0.3 is 5.32 Å². The van der Waals surface area contributed by atoms with Crippen LogP contribution in [0.15, 0.2) is 73.3 Å². The number of carbonyl (C=O) groups excluding carboxylic acids is 3. The van der Waals surface area contributed by atoms with Crippen molar-refractivity contribution in [1.82, 2.24) is 25.0 Å². The number of hydrogen-bond acceptors (Lipinski definition) is 5. The van der Waals surface area contributed by atoms with Crippen LogP contribution in [0.25, 0.3) is 16.5 Å². The summed E-state index contributed by atoms with van der Waals surface area (Å²) in [5, 5.41) is 8.55. The van der Waals surface area contributed by atoms with E-state index in [4.69, 9.17) is 0 Å². The van der Waals surface area contributed by atoms with Crippen LogP contribution in [0.1, 0.15) is 39.1 Å². The van der Waals surface area contributed by atoms with Crippen molar-refractivity contribution in [2.75, 3.05) is 6.54 Å². The quantitative estimate of drug-likeness (QED) is 0.446. The molecule has 1 aliphatic rings. The molecule has 8 heteroatoms. The Hall–Kier alpha value is -4.33. The van der Waals surface area contributed by atoms with Gasteiger partial charge in [0.05, 0.1) is 5.69 Å². The van der Waals surface area contributed by atoms with E-state index in [0.29, 0.717) is 29.5 Å². The van der Waals surface area contributed by atoms with Crippen molar-refractivity contribution in [3.05, 3.63) is 90.0 Å². The maximum absolute atomic E-state index is 12.9. The molecule has 0 unspecified atom stereocenters. The molecule has 0 bridgehead atoms. The Morgan fingerprint density at radius 1 is 0.909 bits per heavy atom. The van der Waals surface area contributed by atoms with Gasteiger partial charge in [-0.2, -0.15) is 5.10 Å². The van der Waals surface area contributed by atoms with E-state index < -0.39 is 0 Å². The van der Waals surface area contributed by atoms with Gasteiger partial charge in [-0.15, -0.1) is 0 Å². The van der Waals surface area contributed by atoms with Gasteiger partial charge in [-0.25, -0.2) is 9.67 Å². The second kappa shape index (κ2) is 8.66. The molecule has 33 heavy (non-hydrogen) atoms. The lowest BCUT2D eigenvalue weighted by molar-refractivity contribution is -0.121. The van der Waals surface area contributed by atoms with Gasteiger partial charge in [0.1, 0.15) is 12.7 Å². The van der Waals surface area contributed by atoms with Crippen LogP contribution in [-0.2, 0) is 11.3 Å². The van der Waals surface area contributed by atoms with E-state index in [1.807, 2.05) is 48.5 Å². The monoisotopic (exact) mass is 439 g/mol. The van der Waals surface area contributed by atoms with Gasteiger partial charge in [0.15, 0.2) is 0 Å². The van der Waals surface area contributed by atoms with E-state index in [-0.39, 0.29) is 30.7 Å². The predicted octanol–water partition coefficient (Wildman–Crippen LogP) is 3.11. The smallest absolute Gasteiger partial charge is 0.261 e. The number of benzene rings is 3. The number of hydrogen-bond donors (Lipinski definition) is 1. The largest absolute Gasteiger partial charge is 0.352 e. The molecule has 2 heterocycles. The van der Waals surface area contributed by atoms with Crippen molar-refractivity contribution in [2.24, 2.45) is 0 Å². The summed E-state index contributed by atoms with van der Waals surface area (Å²) in [4.78, 5) is 43.3. The van der Waals surface area contributed by atoms with Crippen molar-refractivity contribution in [2.45, 2.75) is 19.4 Å². The number of rotatable bonds is 7. The number of nitrogens with one attached hydrogen (secondary N) is 1. The minimum absolute atomic E-state index is 0.130. The predicted molar refractivity (Wildman–Crippen MR) is 122 cm³/mol. The minimum Gasteiger partial charge on any atom is -0.352 e. The molecule has 0 atom stereocenters. The molecule has 1 aromatic heterocycles. The van der Waals surface area contributed by atoms with Crippen molar-refractivity contribution in [3.63, 3.8) is 0 Å². The number of aromatic nitrogens is 3. The van der Waals surface area contributed by atoms with Gasteiger partial charge in [0.25, 0.3) is 11.8 Å². The molecule has 164 valence electrons. The summed E-state index contributed by atoms with van der Waals surface area (Å²) in [5.74, 6) is -0.746. The van der Waals surface area contributed by atoms with Gasteiger partial charge in [0, 0.05) is 36.0 Å². The fraction of sp³-hybridized carbons (Fsp3) is 0.160. The van der Waals surface area contributed by atoms with E-state index >= 15 is 0 Å². The molecule has 8 nitrogen and oxygen atoms in total. The third kappa shape index (κ3) is 3.98. The number of carbonyl (C=O) groups is 3. The molecule has 0 fully saturated rings. The van der Waals surface area contributed by atoms with Crippen LogP contribution < -0.4 is 5.32 Å². The van der Waals surface area contributed by atoms with Gasteiger partial charge in [-0.1, -0.05) is 36.4 Å². The van der Waals surface area contributed by atoms with Crippen LogP contribution in [-0.4, -0.2) is 43.9 Å². The van der Waals surface area contributed by atoms with Crippen LogP contribution in [0.3, 0.4) is 0 Å². The van der Waals surface area contributed by atoms with Crippen molar-refractivity contribution in [3.8, 4) is 5.69 Å². The molecule has 4 aromatic rings. The van der Waals surface area contributed by atoms with Crippen molar-refractivity contribution >= 4 is 28.5 Å². The Balaban J connectivity index is 1.15. The highest BCUT2D eigenvalue weighted by Crippen LogP contribution is 2.30. The van der Waals surface area contributed by atoms with E-state index in [0.717, 1.165) is 16.6 Å².